The van der Waals surface area contributed by atoms with E-state index in [0.717, 1.165) is 25.0 Å². The molecule has 12 nitrogen and oxygen atoms in total. The van der Waals surface area contributed by atoms with Crippen molar-refractivity contribution in [2.45, 2.75) is 64.7 Å². The van der Waals surface area contributed by atoms with Crippen LogP contribution in [0, 0.1) is 12.8 Å². The van der Waals surface area contributed by atoms with E-state index in [4.69, 9.17) is 19.0 Å². The Morgan fingerprint density at radius 3 is 2.89 bits per heavy atom. The van der Waals surface area contributed by atoms with Crippen LogP contribution in [0.3, 0.4) is 0 Å². The van der Waals surface area contributed by atoms with E-state index in [9.17, 15) is 9.90 Å². The zero-order chi connectivity index (χ0) is 24.9. The highest BCUT2D eigenvalue weighted by atomic mass is 16.5. The molecule has 3 atom stereocenters. The molecule has 12 heteroatoms. The van der Waals surface area contributed by atoms with Crippen LogP contribution in [0.1, 0.15) is 62.4 Å². The standard InChI is InChI=1S/C23H31N7O5/c1-5-18(33-4)21-26-23(28-35-21)24-12-17-20(27-29-30(17)3)16-9-10-19(13(2)25-16)34-15-8-6-7-14(11-15)22(31)32/h9-10,14-15,18H,5-8,11-12H2,1-4H3,(H,24,28)(H,31,32)/t14-,15?,18-/m0/s1. The molecule has 4 rings (SSSR count). The molecule has 2 N–H and O–H groups in total. The molecule has 0 saturated heterocycles. The molecule has 3 aromatic heterocycles. The van der Waals surface area contributed by atoms with Crippen LogP contribution < -0.4 is 10.1 Å². The van der Waals surface area contributed by atoms with Gasteiger partial charge in [-0.1, -0.05) is 12.1 Å². The molecule has 1 aliphatic carbocycles. The number of aliphatic carboxylic acids is 1. The van der Waals surface area contributed by atoms with E-state index >= 15 is 0 Å². The van der Waals surface area contributed by atoms with Crippen LogP contribution in [-0.2, 0) is 23.1 Å². The molecule has 0 aromatic carbocycles. The summed E-state index contributed by atoms with van der Waals surface area (Å²) in [7, 11) is 3.41. The van der Waals surface area contributed by atoms with Crippen molar-refractivity contribution >= 4 is 11.9 Å². The summed E-state index contributed by atoms with van der Waals surface area (Å²) in [6, 6.07) is 3.69. The summed E-state index contributed by atoms with van der Waals surface area (Å²) in [6.45, 7) is 4.21. The van der Waals surface area contributed by atoms with Crippen LogP contribution in [0.15, 0.2) is 16.7 Å². The number of aromatic nitrogens is 6. The van der Waals surface area contributed by atoms with Crippen LogP contribution in [0.2, 0.25) is 0 Å². The summed E-state index contributed by atoms with van der Waals surface area (Å²) in [5.41, 5.74) is 2.79. The van der Waals surface area contributed by atoms with Gasteiger partial charge in [-0.25, -0.2) is 9.67 Å². The molecule has 188 valence electrons. The van der Waals surface area contributed by atoms with E-state index < -0.39 is 5.97 Å². The van der Waals surface area contributed by atoms with E-state index in [0.29, 0.717) is 54.1 Å². The van der Waals surface area contributed by atoms with Crippen molar-refractivity contribution < 1.29 is 23.9 Å². The van der Waals surface area contributed by atoms with Gasteiger partial charge in [0, 0.05) is 14.2 Å². The lowest BCUT2D eigenvalue weighted by molar-refractivity contribution is -0.143. The van der Waals surface area contributed by atoms with Gasteiger partial charge in [0.25, 0.3) is 11.8 Å². The van der Waals surface area contributed by atoms with E-state index in [2.05, 4.69) is 25.8 Å². The first kappa shape index (κ1) is 24.6. The second kappa shape index (κ2) is 10.8. The number of aryl methyl sites for hydroxylation is 2. The van der Waals surface area contributed by atoms with Gasteiger partial charge in [0.1, 0.15) is 17.5 Å². The summed E-state index contributed by atoms with van der Waals surface area (Å²) in [4.78, 5) is 20.4. The third kappa shape index (κ3) is 5.59. The van der Waals surface area contributed by atoms with Crippen LogP contribution in [0.25, 0.3) is 11.4 Å². The molecule has 35 heavy (non-hydrogen) atoms. The minimum Gasteiger partial charge on any atom is -0.489 e. The zero-order valence-corrected chi connectivity index (χ0v) is 20.4. The second-order valence-electron chi connectivity index (χ2n) is 8.67. The third-order valence-corrected chi connectivity index (χ3v) is 6.28. The molecule has 3 heterocycles. The van der Waals surface area contributed by atoms with Crippen molar-refractivity contribution in [3.05, 3.63) is 29.4 Å². The van der Waals surface area contributed by atoms with Gasteiger partial charge < -0.3 is 24.4 Å². The highest BCUT2D eigenvalue weighted by molar-refractivity contribution is 5.70. The number of hydrogen-bond donors (Lipinski definition) is 2. The largest absolute Gasteiger partial charge is 0.489 e. The van der Waals surface area contributed by atoms with Crippen molar-refractivity contribution in [1.29, 1.82) is 0 Å². The first-order chi connectivity index (χ1) is 16.9. The SMILES string of the molecule is CC[C@H](OC)c1nc(NCc2c(-c3ccc(OC4CCC[C@H](C(=O)O)C4)c(C)n3)nnn2C)no1. The highest BCUT2D eigenvalue weighted by Crippen LogP contribution is 2.30. The summed E-state index contributed by atoms with van der Waals surface area (Å²) in [5.74, 6) is 0.308. The molecule has 0 bridgehead atoms. The molecule has 1 aliphatic rings. The van der Waals surface area contributed by atoms with E-state index in [1.165, 1.54) is 0 Å². The topological polar surface area (TPSA) is 150 Å². The Balaban J connectivity index is 1.45. The number of carboxylic acid groups (broad SMARTS) is 1. The molecule has 0 radical (unpaired) electrons. The summed E-state index contributed by atoms with van der Waals surface area (Å²) in [6.07, 6.45) is 3.24. The van der Waals surface area contributed by atoms with Crippen molar-refractivity contribution in [3.63, 3.8) is 0 Å². The molecular weight excluding hydrogens is 454 g/mol. The van der Waals surface area contributed by atoms with Crippen LogP contribution in [0.5, 0.6) is 5.75 Å². The highest BCUT2D eigenvalue weighted by Gasteiger charge is 2.28. The van der Waals surface area contributed by atoms with Gasteiger partial charge in [-0.15, -0.1) is 5.10 Å². The Morgan fingerprint density at radius 1 is 1.34 bits per heavy atom. The molecule has 0 spiro atoms. The number of ether oxygens (including phenoxy) is 2. The number of pyridine rings is 1. The van der Waals surface area contributed by atoms with E-state index in [-0.39, 0.29) is 18.1 Å². The van der Waals surface area contributed by atoms with Crippen LogP contribution in [0.4, 0.5) is 5.95 Å². The number of carbonyl (C=O) groups is 1. The average molecular weight is 486 g/mol. The number of methoxy groups -OCH3 is 1. The molecular formula is C23H31N7O5. The molecule has 0 aliphatic heterocycles. The number of carboxylic acids is 1. The van der Waals surface area contributed by atoms with Gasteiger partial charge in [0.2, 0.25) is 0 Å². The lowest BCUT2D eigenvalue weighted by Crippen LogP contribution is -2.29. The minimum atomic E-state index is -0.756. The summed E-state index contributed by atoms with van der Waals surface area (Å²) < 4.78 is 18.4. The lowest BCUT2D eigenvalue weighted by atomic mass is 9.87. The fourth-order valence-electron chi connectivity index (χ4n) is 4.28. The average Bonchev–Trinajstić information content (AvgIpc) is 3.46. The van der Waals surface area contributed by atoms with Crippen molar-refractivity contribution in [1.82, 2.24) is 30.1 Å². The smallest absolute Gasteiger partial charge is 0.306 e. The van der Waals surface area contributed by atoms with Crippen LogP contribution >= 0.6 is 0 Å². The lowest BCUT2D eigenvalue weighted by Gasteiger charge is -2.27. The Hall–Kier alpha value is -3.54. The van der Waals surface area contributed by atoms with Crippen LogP contribution in [-0.4, -0.2) is 54.4 Å². The van der Waals surface area contributed by atoms with Gasteiger partial charge in [-0.2, -0.15) is 4.98 Å². The first-order valence-corrected chi connectivity index (χ1v) is 11.8. The quantitative estimate of drug-likeness (QED) is 0.435. The Morgan fingerprint density at radius 2 is 2.17 bits per heavy atom. The summed E-state index contributed by atoms with van der Waals surface area (Å²) in [5, 5.41) is 24.9. The van der Waals surface area contributed by atoms with Gasteiger partial charge in [0.05, 0.1) is 35.6 Å². The van der Waals surface area contributed by atoms with Gasteiger partial charge in [0.15, 0.2) is 0 Å². The maximum absolute atomic E-state index is 11.4. The fraction of sp³-hybridized carbons (Fsp3) is 0.565. The number of hydrogen-bond acceptors (Lipinski definition) is 10. The monoisotopic (exact) mass is 485 g/mol. The molecule has 1 saturated carbocycles. The first-order valence-electron chi connectivity index (χ1n) is 11.8. The molecule has 1 unspecified atom stereocenters. The number of anilines is 1. The Kier molecular flexibility index (Phi) is 7.59. The molecule has 1 fully saturated rings. The van der Waals surface area contributed by atoms with Crippen molar-refractivity contribution in [3.8, 4) is 17.1 Å². The fourth-order valence-corrected chi connectivity index (χ4v) is 4.28. The van der Waals surface area contributed by atoms with Gasteiger partial charge in [-0.3, -0.25) is 4.79 Å². The Bertz CT molecular complexity index is 1160. The maximum Gasteiger partial charge on any atom is 0.306 e. The number of rotatable bonds is 10. The minimum absolute atomic E-state index is 0.127. The third-order valence-electron chi connectivity index (χ3n) is 6.28. The zero-order valence-electron chi connectivity index (χ0n) is 20.4. The van der Waals surface area contributed by atoms with Gasteiger partial charge >= 0.3 is 5.97 Å². The predicted molar refractivity (Wildman–Crippen MR) is 125 cm³/mol. The van der Waals surface area contributed by atoms with Crippen molar-refractivity contribution in [2.24, 2.45) is 13.0 Å². The van der Waals surface area contributed by atoms with E-state index in [1.54, 1.807) is 18.8 Å². The van der Waals surface area contributed by atoms with Gasteiger partial charge in [-0.05, 0) is 56.3 Å². The van der Waals surface area contributed by atoms with E-state index in [1.807, 2.05) is 26.0 Å². The predicted octanol–water partition coefficient (Wildman–Crippen LogP) is 3.30. The molecule has 3 aromatic rings. The summed E-state index contributed by atoms with van der Waals surface area (Å²) >= 11 is 0. The Labute approximate surface area is 203 Å². The maximum atomic E-state index is 11.4. The second-order valence-corrected chi connectivity index (χ2v) is 8.67. The number of nitrogens with one attached hydrogen (secondary N) is 1. The number of nitrogens with zero attached hydrogens (tertiary/aromatic N) is 6. The van der Waals surface area contributed by atoms with Crippen molar-refractivity contribution in [2.75, 3.05) is 12.4 Å². The molecule has 0 amide bonds. The normalized spacial score (nSPS) is 18.9.